The summed E-state index contributed by atoms with van der Waals surface area (Å²) in [5, 5.41) is 6.28. The second kappa shape index (κ2) is 9.78. The predicted octanol–water partition coefficient (Wildman–Crippen LogP) is 3.77. The number of aryl methyl sites for hydroxylation is 1. The summed E-state index contributed by atoms with van der Waals surface area (Å²) in [5.74, 6) is 1.07. The molecule has 4 aromatic rings. The van der Waals surface area contributed by atoms with Crippen LogP contribution < -0.4 is 15.4 Å². The summed E-state index contributed by atoms with van der Waals surface area (Å²) in [4.78, 5) is 18.2. The van der Waals surface area contributed by atoms with Crippen LogP contribution in [0.5, 0.6) is 5.75 Å². The minimum absolute atomic E-state index is 0.0307. The Labute approximate surface area is 196 Å². The molecule has 9 heteroatoms. The highest BCUT2D eigenvalue weighted by atomic mass is 32.2. The van der Waals surface area contributed by atoms with Crippen LogP contribution in [-0.4, -0.2) is 30.3 Å². The molecule has 0 aliphatic rings. The third kappa shape index (κ3) is 5.11. The monoisotopic (exact) mass is 481 g/mol. The Hall–Kier alpha value is -3.14. The van der Waals surface area contributed by atoms with Gasteiger partial charge in [-0.1, -0.05) is 49.0 Å². The highest BCUT2D eigenvalue weighted by Gasteiger charge is 2.15. The second-order valence-electron chi connectivity index (χ2n) is 7.25. The van der Waals surface area contributed by atoms with Gasteiger partial charge in [0.25, 0.3) is 5.56 Å². The summed E-state index contributed by atoms with van der Waals surface area (Å²) in [6.45, 7) is 2.40. The van der Waals surface area contributed by atoms with Crippen molar-refractivity contribution in [1.82, 2.24) is 9.55 Å². The summed E-state index contributed by atoms with van der Waals surface area (Å²) in [6.07, 6.45) is 0.789. The van der Waals surface area contributed by atoms with E-state index in [9.17, 15) is 13.2 Å². The van der Waals surface area contributed by atoms with Crippen molar-refractivity contribution < 1.29 is 13.2 Å². The Morgan fingerprint density at radius 1 is 1.00 bits per heavy atom. The number of nitrogens with zero attached hydrogens (tertiary/aromatic N) is 2. The summed E-state index contributed by atoms with van der Waals surface area (Å²) in [7, 11) is -3.74. The number of primary sulfonamides is 1. The standard InChI is InChI=1S/C24H23N3O4S2/c1-2-17-7-3-6-10-22(17)27-23(28)20-8-4-5-9-21(20)26-24(27)32-16-15-31-18-11-13-19(14-12-18)33(25,29)30/h3-14H,2,15-16H2,1H3,(H2,25,29,30). The topological polar surface area (TPSA) is 104 Å². The van der Waals surface area contributed by atoms with E-state index in [1.54, 1.807) is 22.8 Å². The maximum atomic E-state index is 13.4. The molecule has 0 saturated heterocycles. The molecule has 0 amide bonds. The number of hydrogen-bond acceptors (Lipinski definition) is 6. The van der Waals surface area contributed by atoms with Crippen LogP contribution in [-0.2, 0) is 16.4 Å². The van der Waals surface area contributed by atoms with Crippen molar-refractivity contribution in [3.05, 3.63) is 88.7 Å². The Morgan fingerprint density at radius 2 is 1.70 bits per heavy atom. The van der Waals surface area contributed by atoms with Crippen LogP contribution in [0.15, 0.2) is 87.6 Å². The van der Waals surface area contributed by atoms with Gasteiger partial charge in [-0.25, -0.2) is 18.5 Å². The Kier molecular flexibility index (Phi) is 6.83. The van der Waals surface area contributed by atoms with Gasteiger partial charge in [-0.3, -0.25) is 9.36 Å². The number of benzene rings is 3. The molecule has 0 unspecified atom stereocenters. The number of hydrogen-bond donors (Lipinski definition) is 1. The normalized spacial score (nSPS) is 11.6. The molecule has 1 heterocycles. The SMILES string of the molecule is CCc1ccccc1-n1c(SCCOc2ccc(S(N)(=O)=O)cc2)nc2ccccc2c1=O. The van der Waals surface area contributed by atoms with Crippen molar-refractivity contribution in [3.8, 4) is 11.4 Å². The van der Waals surface area contributed by atoms with Crippen LogP contribution in [0.4, 0.5) is 0 Å². The van der Waals surface area contributed by atoms with Crippen molar-refractivity contribution in [2.75, 3.05) is 12.4 Å². The molecule has 0 saturated carbocycles. The van der Waals surface area contributed by atoms with Crippen molar-refractivity contribution in [1.29, 1.82) is 0 Å². The van der Waals surface area contributed by atoms with Gasteiger partial charge in [0.15, 0.2) is 5.16 Å². The average molecular weight is 482 g/mol. The summed E-state index contributed by atoms with van der Waals surface area (Å²) < 4.78 is 30.2. The molecule has 4 rings (SSSR count). The van der Waals surface area contributed by atoms with Crippen LogP contribution in [0, 0.1) is 0 Å². The first kappa shape index (κ1) is 23.0. The van der Waals surface area contributed by atoms with E-state index in [2.05, 4.69) is 6.92 Å². The lowest BCUT2D eigenvalue weighted by atomic mass is 10.1. The third-order valence-electron chi connectivity index (χ3n) is 5.09. The molecule has 0 fully saturated rings. The Balaban J connectivity index is 1.59. The molecule has 3 aromatic carbocycles. The number of para-hydroxylation sites is 2. The van der Waals surface area contributed by atoms with Gasteiger partial charge < -0.3 is 4.74 Å². The lowest BCUT2D eigenvalue weighted by molar-refractivity contribution is 0.343. The zero-order chi connectivity index (χ0) is 23.4. The zero-order valence-electron chi connectivity index (χ0n) is 18.0. The minimum Gasteiger partial charge on any atom is -0.493 e. The quantitative estimate of drug-likeness (QED) is 0.233. The van der Waals surface area contributed by atoms with E-state index in [4.69, 9.17) is 14.9 Å². The molecule has 0 atom stereocenters. The lowest BCUT2D eigenvalue weighted by Crippen LogP contribution is -2.23. The maximum Gasteiger partial charge on any atom is 0.266 e. The first-order valence-electron chi connectivity index (χ1n) is 10.4. The highest BCUT2D eigenvalue weighted by molar-refractivity contribution is 7.99. The van der Waals surface area contributed by atoms with Gasteiger partial charge in [0.05, 0.1) is 28.1 Å². The average Bonchev–Trinajstić information content (AvgIpc) is 2.82. The molecule has 0 aliphatic carbocycles. The molecule has 2 N–H and O–H groups in total. The summed E-state index contributed by atoms with van der Waals surface area (Å²) in [6, 6.07) is 21.1. The molecule has 0 radical (unpaired) electrons. The van der Waals surface area contributed by atoms with Crippen LogP contribution >= 0.6 is 11.8 Å². The fraction of sp³-hybridized carbons (Fsp3) is 0.167. The molecule has 0 bridgehead atoms. The molecule has 33 heavy (non-hydrogen) atoms. The van der Waals surface area contributed by atoms with Crippen LogP contribution in [0.3, 0.4) is 0 Å². The van der Waals surface area contributed by atoms with Gasteiger partial charge in [-0.2, -0.15) is 0 Å². The van der Waals surface area contributed by atoms with Gasteiger partial charge in [0.2, 0.25) is 10.0 Å². The first-order valence-corrected chi connectivity index (χ1v) is 12.9. The molecular weight excluding hydrogens is 458 g/mol. The predicted molar refractivity (Wildman–Crippen MR) is 131 cm³/mol. The zero-order valence-corrected chi connectivity index (χ0v) is 19.6. The van der Waals surface area contributed by atoms with E-state index in [0.29, 0.717) is 34.2 Å². The van der Waals surface area contributed by atoms with Crippen LogP contribution in [0.25, 0.3) is 16.6 Å². The first-order chi connectivity index (χ1) is 15.9. The van der Waals surface area contributed by atoms with Crippen molar-refractivity contribution in [2.24, 2.45) is 5.14 Å². The van der Waals surface area contributed by atoms with Crippen LogP contribution in [0.2, 0.25) is 0 Å². The van der Waals surface area contributed by atoms with Crippen molar-refractivity contribution in [3.63, 3.8) is 0 Å². The number of aromatic nitrogens is 2. The van der Waals surface area contributed by atoms with E-state index in [-0.39, 0.29) is 10.5 Å². The number of nitrogens with two attached hydrogens (primary N) is 1. The van der Waals surface area contributed by atoms with Crippen molar-refractivity contribution in [2.45, 2.75) is 23.4 Å². The number of fused-ring (bicyclic) bond motifs is 1. The molecule has 1 aromatic heterocycles. The number of ether oxygens (including phenoxy) is 1. The third-order valence-corrected chi connectivity index (χ3v) is 6.93. The highest BCUT2D eigenvalue weighted by Crippen LogP contribution is 2.24. The number of rotatable bonds is 8. The van der Waals surface area contributed by atoms with E-state index in [1.165, 1.54) is 23.9 Å². The Morgan fingerprint density at radius 3 is 2.42 bits per heavy atom. The largest absolute Gasteiger partial charge is 0.493 e. The van der Waals surface area contributed by atoms with Gasteiger partial charge in [-0.05, 0) is 54.4 Å². The molecule has 7 nitrogen and oxygen atoms in total. The van der Waals surface area contributed by atoms with E-state index < -0.39 is 10.0 Å². The number of sulfonamides is 1. The van der Waals surface area contributed by atoms with Gasteiger partial charge in [-0.15, -0.1) is 0 Å². The molecular formula is C24H23N3O4S2. The maximum absolute atomic E-state index is 13.4. The number of thioether (sulfide) groups is 1. The lowest BCUT2D eigenvalue weighted by Gasteiger charge is -2.16. The van der Waals surface area contributed by atoms with Gasteiger partial charge >= 0.3 is 0 Å². The van der Waals surface area contributed by atoms with Crippen molar-refractivity contribution >= 4 is 32.7 Å². The fourth-order valence-electron chi connectivity index (χ4n) is 3.47. The second-order valence-corrected chi connectivity index (χ2v) is 9.87. The summed E-state index contributed by atoms with van der Waals surface area (Å²) in [5.41, 5.74) is 2.42. The smallest absolute Gasteiger partial charge is 0.266 e. The molecule has 170 valence electrons. The van der Waals surface area contributed by atoms with Crippen LogP contribution in [0.1, 0.15) is 12.5 Å². The van der Waals surface area contributed by atoms with Gasteiger partial charge in [0.1, 0.15) is 5.75 Å². The molecule has 0 aliphatic heterocycles. The molecule has 0 spiro atoms. The van der Waals surface area contributed by atoms with E-state index in [1.807, 2.05) is 42.5 Å². The summed E-state index contributed by atoms with van der Waals surface area (Å²) >= 11 is 1.43. The fourth-order valence-corrected chi connectivity index (χ4v) is 4.81. The van der Waals surface area contributed by atoms with E-state index >= 15 is 0 Å². The minimum atomic E-state index is -3.74. The Bertz CT molecular complexity index is 1450. The van der Waals surface area contributed by atoms with Gasteiger partial charge in [0, 0.05) is 5.75 Å². The van der Waals surface area contributed by atoms with E-state index in [0.717, 1.165) is 17.7 Å².